The van der Waals surface area contributed by atoms with Crippen LogP contribution in [0.2, 0.25) is 0 Å². The molecule has 0 bridgehead atoms. The molecular formula is C37H70N2O5S. The van der Waals surface area contributed by atoms with Gasteiger partial charge in [-0.25, -0.2) is 0 Å². The molecule has 45 heavy (non-hydrogen) atoms. The van der Waals surface area contributed by atoms with Crippen molar-refractivity contribution in [3.8, 4) is 0 Å². The molecule has 0 aromatic carbocycles. The van der Waals surface area contributed by atoms with Gasteiger partial charge in [0, 0.05) is 38.2 Å². The third-order valence-electron chi connectivity index (χ3n) is 7.93. The summed E-state index contributed by atoms with van der Waals surface area (Å²) < 4.78 is 11.3. The topological polar surface area (TPSA) is 76.1 Å². The van der Waals surface area contributed by atoms with Crippen LogP contribution in [0.3, 0.4) is 0 Å². The van der Waals surface area contributed by atoms with Gasteiger partial charge >= 0.3 is 11.9 Å². The highest BCUT2D eigenvalue weighted by atomic mass is 32.2. The number of carbonyl (C=O) groups excluding carboxylic acids is 3. The van der Waals surface area contributed by atoms with Crippen LogP contribution >= 0.6 is 11.8 Å². The van der Waals surface area contributed by atoms with Gasteiger partial charge in [0.25, 0.3) is 5.24 Å². The van der Waals surface area contributed by atoms with Crippen LogP contribution in [-0.4, -0.2) is 79.2 Å². The highest BCUT2D eigenvalue weighted by Crippen LogP contribution is 2.18. The molecule has 0 aliphatic heterocycles. The minimum Gasteiger partial charge on any atom is -0.462 e. The zero-order valence-corrected chi connectivity index (χ0v) is 30.8. The predicted octanol–water partition coefficient (Wildman–Crippen LogP) is 9.97. The maximum atomic E-state index is 13.0. The average molecular weight is 655 g/mol. The lowest BCUT2D eigenvalue weighted by Crippen LogP contribution is -2.31. The van der Waals surface area contributed by atoms with E-state index in [1.54, 1.807) is 0 Å². The van der Waals surface area contributed by atoms with Crippen molar-refractivity contribution in [2.75, 3.05) is 46.1 Å². The summed E-state index contributed by atoms with van der Waals surface area (Å²) >= 11 is 1.34. The van der Waals surface area contributed by atoms with Crippen LogP contribution < -0.4 is 0 Å². The molecule has 0 saturated heterocycles. The first-order chi connectivity index (χ1) is 21.8. The van der Waals surface area contributed by atoms with Gasteiger partial charge in [-0.15, -0.1) is 0 Å². The molecule has 0 fully saturated rings. The van der Waals surface area contributed by atoms with Crippen molar-refractivity contribution < 1.29 is 23.9 Å². The molecule has 1 amide bonds. The van der Waals surface area contributed by atoms with E-state index >= 15 is 0 Å². The number of thioether (sulfide) groups is 1. The van der Waals surface area contributed by atoms with Crippen molar-refractivity contribution in [1.29, 1.82) is 0 Å². The molecule has 0 aliphatic carbocycles. The minimum atomic E-state index is -0.162. The second kappa shape index (κ2) is 32.4. The second-order valence-electron chi connectivity index (χ2n) is 12.6. The summed E-state index contributed by atoms with van der Waals surface area (Å²) in [6.07, 6.45) is 25.2. The van der Waals surface area contributed by atoms with Gasteiger partial charge in [-0.05, 0) is 71.9 Å². The molecule has 0 rings (SSSR count). The lowest BCUT2D eigenvalue weighted by Gasteiger charge is -2.23. The van der Waals surface area contributed by atoms with E-state index in [2.05, 4.69) is 31.7 Å². The maximum absolute atomic E-state index is 13.0. The first-order valence-electron chi connectivity index (χ1n) is 18.4. The molecular weight excluding hydrogens is 584 g/mol. The second-order valence-corrected chi connectivity index (χ2v) is 13.7. The smallest absolute Gasteiger partial charge is 0.306 e. The molecule has 0 aliphatic rings. The highest BCUT2D eigenvalue weighted by molar-refractivity contribution is 8.13. The Kier molecular flexibility index (Phi) is 31.3. The Bertz CT molecular complexity index is 734. The fraction of sp³-hybridized carbons (Fsp3) is 0.865. The maximum Gasteiger partial charge on any atom is 0.306 e. The highest BCUT2D eigenvalue weighted by Gasteiger charge is 2.17. The van der Waals surface area contributed by atoms with E-state index in [9.17, 15) is 14.4 Å². The summed E-state index contributed by atoms with van der Waals surface area (Å²) in [6, 6.07) is 0. The van der Waals surface area contributed by atoms with Crippen LogP contribution in [0.4, 0.5) is 4.79 Å². The Morgan fingerprint density at radius 1 is 0.644 bits per heavy atom. The summed E-state index contributed by atoms with van der Waals surface area (Å²) in [5.74, 6) is 0.440. The molecule has 264 valence electrons. The van der Waals surface area contributed by atoms with Crippen molar-refractivity contribution in [2.45, 2.75) is 162 Å². The standard InChI is InChI=1S/C37H70N2O5S/c1-6-9-12-15-16-17-23-32-43-35(40)27-21-18-22-29-39(37(42)45-33-31-38(4)5)30-24-28-36(41)44-34(25-19-13-10-7-2)26-20-14-11-8-3/h17,23,34H,6-16,18-22,24-33H2,1-5H3/b23-17-. The van der Waals surface area contributed by atoms with Crippen LogP contribution in [-0.2, 0) is 19.1 Å². The number of amides is 1. The number of rotatable bonds is 31. The van der Waals surface area contributed by atoms with Crippen LogP contribution in [0.15, 0.2) is 12.2 Å². The molecule has 8 heteroatoms. The number of hydrogen-bond donors (Lipinski definition) is 0. The summed E-state index contributed by atoms with van der Waals surface area (Å²) in [4.78, 5) is 41.8. The Labute approximate surface area is 282 Å². The Morgan fingerprint density at radius 2 is 1.22 bits per heavy atom. The molecule has 0 unspecified atom stereocenters. The minimum absolute atomic E-state index is 0.0174. The van der Waals surface area contributed by atoms with Crippen LogP contribution in [0, 0.1) is 0 Å². The zero-order valence-electron chi connectivity index (χ0n) is 30.0. The summed E-state index contributed by atoms with van der Waals surface area (Å²) in [7, 11) is 4.01. The predicted molar refractivity (Wildman–Crippen MR) is 192 cm³/mol. The molecule has 0 radical (unpaired) electrons. The van der Waals surface area contributed by atoms with Crippen LogP contribution in [0.1, 0.15) is 156 Å². The fourth-order valence-electron chi connectivity index (χ4n) is 5.06. The largest absolute Gasteiger partial charge is 0.462 e. The van der Waals surface area contributed by atoms with Crippen molar-refractivity contribution in [3.63, 3.8) is 0 Å². The molecule has 0 aromatic rings. The summed E-state index contributed by atoms with van der Waals surface area (Å²) in [5, 5.41) is 0.0656. The summed E-state index contributed by atoms with van der Waals surface area (Å²) in [6.45, 7) is 9.00. The SMILES string of the molecule is CCCCCC/C=C\COC(=O)CCCCCN(CCCC(=O)OC(CCCCCC)CCCCCC)C(=O)SCCN(C)C. The number of hydrogen-bond acceptors (Lipinski definition) is 7. The molecule has 0 aromatic heterocycles. The Morgan fingerprint density at radius 3 is 1.84 bits per heavy atom. The molecule has 0 N–H and O–H groups in total. The molecule has 0 spiro atoms. The van der Waals surface area contributed by atoms with Crippen molar-refractivity contribution in [1.82, 2.24) is 9.80 Å². The van der Waals surface area contributed by atoms with Gasteiger partial charge in [-0.2, -0.15) is 0 Å². The van der Waals surface area contributed by atoms with E-state index in [1.807, 2.05) is 25.1 Å². The van der Waals surface area contributed by atoms with Gasteiger partial charge in [0.05, 0.1) is 0 Å². The van der Waals surface area contributed by atoms with E-state index < -0.39 is 0 Å². The van der Waals surface area contributed by atoms with Crippen LogP contribution in [0.5, 0.6) is 0 Å². The third-order valence-corrected chi connectivity index (χ3v) is 8.82. The van der Waals surface area contributed by atoms with E-state index in [1.165, 1.54) is 76.0 Å². The number of esters is 2. The van der Waals surface area contributed by atoms with E-state index in [4.69, 9.17) is 9.47 Å². The van der Waals surface area contributed by atoms with Crippen molar-refractivity contribution in [3.05, 3.63) is 12.2 Å². The monoisotopic (exact) mass is 655 g/mol. The van der Waals surface area contributed by atoms with Gasteiger partial charge in [0.15, 0.2) is 0 Å². The quantitative estimate of drug-likeness (QED) is 0.0418. The normalized spacial score (nSPS) is 11.5. The van der Waals surface area contributed by atoms with E-state index in [0.717, 1.165) is 63.7 Å². The molecule has 7 nitrogen and oxygen atoms in total. The van der Waals surface area contributed by atoms with Gasteiger partial charge in [-0.3, -0.25) is 14.4 Å². The fourth-order valence-corrected chi connectivity index (χ4v) is 6.05. The first-order valence-corrected chi connectivity index (χ1v) is 19.4. The van der Waals surface area contributed by atoms with Crippen molar-refractivity contribution >= 4 is 28.9 Å². The first kappa shape index (κ1) is 43.5. The van der Waals surface area contributed by atoms with Crippen molar-refractivity contribution in [2.24, 2.45) is 0 Å². The zero-order chi connectivity index (χ0) is 33.4. The number of ether oxygens (including phenoxy) is 2. The molecule has 0 saturated carbocycles. The van der Waals surface area contributed by atoms with E-state index in [0.29, 0.717) is 39.0 Å². The lowest BCUT2D eigenvalue weighted by atomic mass is 10.0. The third kappa shape index (κ3) is 29.6. The van der Waals surface area contributed by atoms with Gasteiger partial charge in [-0.1, -0.05) is 109 Å². The number of unbranched alkanes of at least 4 members (excludes halogenated alkanes) is 12. The van der Waals surface area contributed by atoms with Gasteiger partial charge in [0.1, 0.15) is 12.7 Å². The lowest BCUT2D eigenvalue weighted by molar-refractivity contribution is -0.150. The van der Waals surface area contributed by atoms with Gasteiger partial charge < -0.3 is 19.3 Å². The number of allylic oxidation sites excluding steroid dienone is 1. The van der Waals surface area contributed by atoms with Crippen LogP contribution in [0.25, 0.3) is 0 Å². The number of carbonyl (C=O) groups is 3. The summed E-state index contributed by atoms with van der Waals surface area (Å²) in [5.41, 5.74) is 0. The van der Waals surface area contributed by atoms with Gasteiger partial charge in [0.2, 0.25) is 0 Å². The number of nitrogens with zero attached hydrogens (tertiary/aromatic N) is 2. The van der Waals surface area contributed by atoms with E-state index in [-0.39, 0.29) is 23.3 Å². The molecule has 0 atom stereocenters. The molecule has 0 heterocycles. The Hall–Kier alpha value is -1.54. The Balaban J connectivity index is 4.58. The average Bonchev–Trinajstić information content (AvgIpc) is 3.01.